The van der Waals surface area contributed by atoms with Gasteiger partial charge in [-0.05, 0) is 12.8 Å². The van der Waals surface area contributed by atoms with E-state index in [0.717, 1.165) is 12.8 Å². The molecule has 0 bridgehead atoms. The minimum Gasteiger partial charge on any atom is -0.449 e. The van der Waals surface area contributed by atoms with Gasteiger partial charge >= 0.3 is 12.1 Å². The zero-order valence-corrected chi connectivity index (χ0v) is 8.05. The third kappa shape index (κ3) is 7.11. The molecule has 0 heterocycles. The van der Waals surface area contributed by atoms with Crippen LogP contribution >= 0.6 is 0 Å². The molecular weight excluding hydrogens is 172 g/mol. The lowest BCUT2D eigenvalue weighted by molar-refractivity contribution is 0.147. The van der Waals surface area contributed by atoms with Gasteiger partial charge in [-0.2, -0.15) is 0 Å². The van der Waals surface area contributed by atoms with Crippen molar-refractivity contribution in [2.75, 3.05) is 13.2 Å². The van der Waals surface area contributed by atoms with Gasteiger partial charge in [-0.25, -0.2) is 14.9 Å². The molecule has 0 aliphatic carbocycles. The molecule has 0 aromatic carbocycles. The van der Waals surface area contributed by atoms with Crippen LogP contribution in [-0.2, 0) is 4.74 Å². The first-order chi connectivity index (χ1) is 6.20. The summed E-state index contributed by atoms with van der Waals surface area (Å²) in [6.07, 6.45) is 0.872. The van der Waals surface area contributed by atoms with Crippen molar-refractivity contribution in [1.29, 1.82) is 0 Å². The Kier molecular flexibility index (Phi) is 6.68. The summed E-state index contributed by atoms with van der Waals surface area (Å²) in [6, 6.07) is -0.511. The predicted octanol–water partition coefficient (Wildman–Crippen LogP) is 1.24. The Balaban J connectivity index is 3.47. The van der Waals surface area contributed by atoms with Crippen molar-refractivity contribution in [2.45, 2.75) is 26.7 Å². The van der Waals surface area contributed by atoms with Crippen molar-refractivity contribution in [1.82, 2.24) is 10.6 Å². The maximum atomic E-state index is 10.9. The molecule has 0 aliphatic rings. The normalized spacial score (nSPS) is 9.08. The molecule has 0 rings (SSSR count). The molecule has 0 radical (unpaired) electrons. The van der Waals surface area contributed by atoms with Gasteiger partial charge in [0.2, 0.25) is 0 Å². The Morgan fingerprint density at radius 3 is 2.46 bits per heavy atom. The lowest BCUT2D eigenvalue weighted by Gasteiger charge is -2.05. The highest BCUT2D eigenvalue weighted by molar-refractivity contribution is 5.90. The van der Waals surface area contributed by atoms with Crippen LogP contribution in [0.5, 0.6) is 0 Å². The van der Waals surface area contributed by atoms with E-state index in [1.54, 1.807) is 0 Å². The number of rotatable bonds is 4. The number of carbonyl (C=O) groups excluding carboxylic acids is 2. The SMILES string of the molecule is CCCNC(=O)NC(=O)OCCC. The Labute approximate surface area is 77.8 Å². The van der Waals surface area contributed by atoms with Crippen molar-refractivity contribution >= 4 is 12.1 Å². The van der Waals surface area contributed by atoms with E-state index in [2.05, 4.69) is 10.1 Å². The molecule has 5 heteroatoms. The number of amides is 3. The van der Waals surface area contributed by atoms with Gasteiger partial charge in [-0.15, -0.1) is 0 Å². The van der Waals surface area contributed by atoms with Gasteiger partial charge in [0.05, 0.1) is 6.61 Å². The molecule has 2 N–H and O–H groups in total. The van der Waals surface area contributed by atoms with Crippen molar-refractivity contribution < 1.29 is 14.3 Å². The van der Waals surface area contributed by atoms with Crippen LogP contribution in [0.4, 0.5) is 9.59 Å². The summed E-state index contributed by atoms with van der Waals surface area (Å²) >= 11 is 0. The van der Waals surface area contributed by atoms with E-state index in [9.17, 15) is 9.59 Å². The molecule has 0 aromatic heterocycles. The van der Waals surface area contributed by atoms with Gasteiger partial charge in [-0.3, -0.25) is 0 Å². The topological polar surface area (TPSA) is 67.4 Å². The maximum absolute atomic E-state index is 10.9. The summed E-state index contributed by atoms with van der Waals surface area (Å²) in [7, 11) is 0. The highest BCUT2D eigenvalue weighted by Crippen LogP contribution is 1.81. The zero-order chi connectivity index (χ0) is 10.1. The molecule has 0 fully saturated rings. The highest BCUT2D eigenvalue weighted by Gasteiger charge is 2.05. The second-order valence-electron chi connectivity index (χ2n) is 2.52. The minimum atomic E-state index is -0.699. The zero-order valence-electron chi connectivity index (χ0n) is 8.05. The quantitative estimate of drug-likeness (QED) is 0.697. The van der Waals surface area contributed by atoms with E-state index < -0.39 is 12.1 Å². The smallest absolute Gasteiger partial charge is 0.415 e. The molecule has 0 saturated heterocycles. The highest BCUT2D eigenvalue weighted by atomic mass is 16.5. The van der Waals surface area contributed by atoms with Crippen LogP contribution in [0.3, 0.4) is 0 Å². The second kappa shape index (κ2) is 7.39. The van der Waals surface area contributed by atoms with E-state index in [1.807, 2.05) is 19.2 Å². The lowest BCUT2D eigenvalue weighted by Crippen LogP contribution is -2.40. The van der Waals surface area contributed by atoms with Crippen LogP contribution in [0.15, 0.2) is 0 Å². The second-order valence-corrected chi connectivity index (χ2v) is 2.52. The third-order valence-electron chi connectivity index (χ3n) is 1.19. The molecule has 0 aromatic rings. The summed E-state index contributed by atoms with van der Waals surface area (Å²) in [6.45, 7) is 4.68. The molecular formula is C8H16N2O3. The number of hydrogen-bond acceptors (Lipinski definition) is 3. The number of urea groups is 1. The fraction of sp³-hybridized carbons (Fsp3) is 0.750. The van der Waals surface area contributed by atoms with Gasteiger partial charge in [0.15, 0.2) is 0 Å². The van der Waals surface area contributed by atoms with Crippen molar-refractivity contribution in [2.24, 2.45) is 0 Å². The van der Waals surface area contributed by atoms with Crippen molar-refractivity contribution in [3.8, 4) is 0 Å². The van der Waals surface area contributed by atoms with Crippen molar-refractivity contribution in [3.05, 3.63) is 0 Å². The lowest BCUT2D eigenvalue weighted by atomic mass is 10.5. The van der Waals surface area contributed by atoms with Gasteiger partial charge < -0.3 is 10.1 Å². The Morgan fingerprint density at radius 2 is 1.92 bits per heavy atom. The van der Waals surface area contributed by atoms with Crippen LogP contribution in [0, 0.1) is 0 Å². The number of hydrogen-bond donors (Lipinski definition) is 2. The van der Waals surface area contributed by atoms with Gasteiger partial charge in [0.25, 0.3) is 0 Å². The molecule has 76 valence electrons. The molecule has 3 amide bonds. The number of nitrogens with one attached hydrogen (secondary N) is 2. The number of alkyl carbamates (subject to hydrolysis) is 1. The molecule has 0 atom stereocenters. The average Bonchev–Trinajstić information content (AvgIpc) is 2.11. The molecule has 0 aliphatic heterocycles. The molecule has 13 heavy (non-hydrogen) atoms. The summed E-state index contributed by atoms with van der Waals surface area (Å²) in [4.78, 5) is 21.6. The Bertz CT molecular complexity index is 153. The van der Waals surface area contributed by atoms with E-state index in [4.69, 9.17) is 0 Å². The largest absolute Gasteiger partial charge is 0.449 e. The predicted molar refractivity (Wildman–Crippen MR) is 48.5 cm³/mol. The first kappa shape index (κ1) is 11.7. The molecule has 5 nitrogen and oxygen atoms in total. The van der Waals surface area contributed by atoms with E-state index in [0.29, 0.717) is 13.2 Å². The summed E-state index contributed by atoms with van der Waals surface area (Å²) < 4.78 is 4.63. The van der Waals surface area contributed by atoms with Crippen LogP contribution < -0.4 is 10.6 Å². The fourth-order valence-electron chi connectivity index (χ4n) is 0.606. The molecule has 0 spiro atoms. The first-order valence-corrected chi connectivity index (χ1v) is 4.42. The van der Waals surface area contributed by atoms with E-state index in [1.165, 1.54) is 0 Å². The third-order valence-corrected chi connectivity index (χ3v) is 1.19. The first-order valence-electron chi connectivity index (χ1n) is 4.42. The fourth-order valence-corrected chi connectivity index (χ4v) is 0.606. The van der Waals surface area contributed by atoms with Crippen LogP contribution in [0.1, 0.15) is 26.7 Å². The van der Waals surface area contributed by atoms with Crippen LogP contribution in [0.25, 0.3) is 0 Å². The monoisotopic (exact) mass is 188 g/mol. The molecule has 0 unspecified atom stereocenters. The summed E-state index contributed by atoms with van der Waals surface area (Å²) in [5.41, 5.74) is 0. The van der Waals surface area contributed by atoms with Gasteiger partial charge in [-0.1, -0.05) is 13.8 Å². The molecule has 0 saturated carbocycles. The minimum absolute atomic E-state index is 0.326. The van der Waals surface area contributed by atoms with Gasteiger partial charge in [0.1, 0.15) is 0 Å². The standard InChI is InChI=1S/C8H16N2O3/c1-3-5-9-7(11)10-8(12)13-6-4-2/h3-6H2,1-2H3,(H2,9,10,11,12). The number of ether oxygens (including phenoxy) is 1. The Hall–Kier alpha value is -1.26. The summed E-state index contributed by atoms with van der Waals surface area (Å²) in [5.74, 6) is 0. The van der Waals surface area contributed by atoms with Gasteiger partial charge in [0, 0.05) is 6.54 Å². The number of imide groups is 1. The van der Waals surface area contributed by atoms with E-state index in [-0.39, 0.29) is 0 Å². The van der Waals surface area contributed by atoms with E-state index >= 15 is 0 Å². The van der Waals surface area contributed by atoms with Crippen LogP contribution in [-0.4, -0.2) is 25.3 Å². The van der Waals surface area contributed by atoms with Crippen LogP contribution in [0.2, 0.25) is 0 Å². The average molecular weight is 188 g/mol. The van der Waals surface area contributed by atoms with Crippen molar-refractivity contribution in [3.63, 3.8) is 0 Å². The summed E-state index contributed by atoms with van der Waals surface area (Å²) in [5, 5.41) is 4.53. The number of carbonyl (C=O) groups is 2. The maximum Gasteiger partial charge on any atom is 0.415 e. The Morgan fingerprint density at radius 1 is 1.23 bits per heavy atom.